The number of nitrogens with two attached hydrogens (primary N) is 1. The van der Waals surface area contributed by atoms with Gasteiger partial charge in [-0.3, -0.25) is 9.20 Å². The van der Waals surface area contributed by atoms with E-state index in [2.05, 4.69) is 26.4 Å². The Morgan fingerprint density at radius 2 is 1.92 bits per heavy atom. The number of likely N-dealkylation sites (tertiary alicyclic amines) is 1. The van der Waals surface area contributed by atoms with Crippen LogP contribution in [0.4, 0.5) is 9.18 Å². The number of ether oxygens (including phenoxy) is 1. The molecule has 5 aliphatic rings. The number of halogens is 1. The van der Waals surface area contributed by atoms with Crippen LogP contribution in [0.5, 0.6) is 5.88 Å². The molecular formula is C36H43FN8O3. The number of imidazole rings is 1. The van der Waals surface area contributed by atoms with E-state index >= 15 is 0 Å². The van der Waals surface area contributed by atoms with Crippen LogP contribution in [-0.4, -0.2) is 85.2 Å². The number of nitrogens with one attached hydrogen (secondary N) is 1. The summed E-state index contributed by atoms with van der Waals surface area (Å²) in [4.78, 5) is 40.7. The molecular weight excluding hydrogens is 611 g/mol. The number of hydrogen-bond acceptors (Lipinski definition) is 6. The standard InChI is InChI=1S/C36H43FN8O3/c1-19(39-36(47)42-12-11-24(37)18-42)27-9-7-22-13-29(43(34(22)40-27)17-20-3-4-20)32-33(21-5-6-21)45-30(41-32)14-23(15-31(45)48-2)35(46)44-25-8-10-28(44)26(38)16-25/h7,9,13-15,19-21,24-26,28H,3-6,8,10-12,16-18,38H2,1-2H3,(H,39,47)/t19-,24+,25+,26-,28-/m1/s1. The molecule has 2 bridgehead atoms. The van der Waals surface area contributed by atoms with Crippen LogP contribution in [0, 0.1) is 5.92 Å². The highest BCUT2D eigenvalue weighted by molar-refractivity contribution is 5.97. The van der Waals surface area contributed by atoms with Crippen LogP contribution < -0.4 is 15.8 Å². The first-order valence-electron chi connectivity index (χ1n) is 17.7. The van der Waals surface area contributed by atoms with Crippen LogP contribution in [-0.2, 0) is 6.54 Å². The maximum atomic E-state index is 13.9. The fraction of sp³-hybridized carbons (Fsp3) is 0.556. The van der Waals surface area contributed by atoms with Gasteiger partial charge in [0.25, 0.3) is 5.91 Å². The van der Waals surface area contributed by atoms with Gasteiger partial charge in [-0.25, -0.2) is 19.2 Å². The molecule has 3 aliphatic heterocycles. The average Bonchev–Trinajstić information content (AvgIpc) is 3.87. The fourth-order valence-corrected chi connectivity index (χ4v) is 8.43. The molecule has 5 fully saturated rings. The molecule has 2 saturated carbocycles. The topological polar surface area (TPSA) is 123 Å². The van der Waals surface area contributed by atoms with Gasteiger partial charge in [0.15, 0.2) is 5.88 Å². The Labute approximate surface area is 278 Å². The maximum absolute atomic E-state index is 13.9. The van der Waals surface area contributed by atoms with E-state index in [9.17, 15) is 14.0 Å². The maximum Gasteiger partial charge on any atom is 0.318 e. The molecule has 4 aromatic heterocycles. The lowest BCUT2D eigenvalue weighted by Gasteiger charge is -2.23. The summed E-state index contributed by atoms with van der Waals surface area (Å²) < 4.78 is 24.1. The minimum Gasteiger partial charge on any atom is -0.482 e. The molecule has 0 spiro atoms. The van der Waals surface area contributed by atoms with Crippen molar-refractivity contribution in [1.29, 1.82) is 0 Å². The summed E-state index contributed by atoms with van der Waals surface area (Å²) in [6.45, 7) is 3.31. The van der Waals surface area contributed by atoms with E-state index in [4.69, 9.17) is 20.4 Å². The van der Waals surface area contributed by atoms with Gasteiger partial charge in [0, 0.05) is 54.1 Å². The van der Waals surface area contributed by atoms with Crippen LogP contribution in [0.25, 0.3) is 28.1 Å². The number of fused-ring (bicyclic) bond motifs is 4. The van der Waals surface area contributed by atoms with Crippen molar-refractivity contribution in [2.24, 2.45) is 11.7 Å². The minimum absolute atomic E-state index is 0.00352. The summed E-state index contributed by atoms with van der Waals surface area (Å²) in [7, 11) is 1.66. The van der Waals surface area contributed by atoms with Gasteiger partial charge in [-0.05, 0) is 88.5 Å². The van der Waals surface area contributed by atoms with Crippen molar-refractivity contribution in [3.63, 3.8) is 0 Å². The first-order chi connectivity index (χ1) is 23.3. The molecule has 3 saturated heterocycles. The van der Waals surface area contributed by atoms with E-state index in [-0.39, 0.29) is 42.7 Å². The second-order valence-electron chi connectivity index (χ2n) is 14.7. The number of alkyl halides is 1. The van der Waals surface area contributed by atoms with Crippen molar-refractivity contribution in [2.75, 3.05) is 20.2 Å². The van der Waals surface area contributed by atoms with E-state index in [1.54, 1.807) is 7.11 Å². The molecule has 3 amide bonds. The van der Waals surface area contributed by atoms with Crippen LogP contribution >= 0.6 is 0 Å². The molecule has 252 valence electrons. The quantitative estimate of drug-likeness (QED) is 0.271. The zero-order chi connectivity index (χ0) is 32.8. The smallest absolute Gasteiger partial charge is 0.318 e. The number of carbonyl (C=O) groups is 2. The molecule has 12 heteroatoms. The molecule has 9 rings (SSSR count). The molecule has 2 aliphatic carbocycles. The largest absolute Gasteiger partial charge is 0.482 e. The fourth-order valence-electron chi connectivity index (χ4n) is 8.43. The Bertz CT molecular complexity index is 1950. The number of rotatable bonds is 8. The number of pyridine rings is 2. The number of nitrogens with zero attached hydrogens (tertiary/aromatic N) is 6. The summed E-state index contributed by atoms with van der Waals surface area (Å²) >= 11 is 0. The van der Waals surface area contributed by atoms with Gasteiger partial charge in [0.05, 0.1) is 36.8 Å². The van der Waals surface area contributed by atoms with Crippen molar-refractivity contribution in [3.8, 4) is 17.3 Å². The molecule has 48 heavy (non-hydrogen) atoms. The summed E-state index contributed by atoms with van der Waals surface area (Å²) in [5, 5.41) is 4.03. The van der Waals surface area contributed by atoms with Crippen molar-refractivity contribution in [1.82, 2.24) is 34.1 Å². The van der Waals surface area contributed by atoms with Crippen molar-refractivity contribution in [3.05, 3.63) is 47.3 Å². The minimum atomic E-state index is -0.962. The van der Waals surface area contributed by atoms with E-state index in [1.807, 2.05) is 30.0 Å². The monoisotopic (exact) mass is 654 g/mol. The third kappa shape index (κ3) is 4.93. The van der Waals surface area contributed by atoms with Gasteiger partial charge in [-0.2, -0.15) is 0 Å². The second-order valence-corrected chi connectivity index (χ2v) is 14.7. The zero-order valence-electron chi connectivity index (χ0n) is 27.6. The van der Waals surface area contributed by atoms with Gasteiger partial charge in [0.2, 0.25) is 0 Å². The van der Waals surface area contributed by atoms with Gasteiger partial charge >= 0.3 is 6.03 Å². The summed E-state index contributed by atoms with van der Waals surface area (Å²) in [5.41, 5.74) is 12.3. The molecule has 3 N–H and O–H groups in total. The highest BCUT2D eigenvalue weighted by Crippen LogP contribution is 2.47. The molecule has 0 radical (unpaired) electrons. The van der Waals surface area contributed by atoms with Crippen LogP contribution in [0.15, 0.2) is 30.3 Å². The van der Waals surface area contributed by atoms with Gasteiger partial charge < -0.3 is 30.2 Å². The zero-order valence-corrected chi connectivity index (χ0v) is 27.6. The normalized spacial score (nSPS) is 25.8. The Kier molecular flexibility index (Phi) is 6.97. The van der Waals surface area contributed by atoms with E-state index in [1.165, 1.54) is 17.7 Å². The number of carbonyl (C=O) groups excluding carboxylic acids is 2. The van der Waals surface area contributed by atoms with Crippen molar-refractivity contribution in [2.45, 2.75) is 101 Å². The van der Waals surface area contributed by atoms with E-state index in [0.717, 1.165) is 72.5 Å². The summed E-state index contributed by atoms with van der Waals surface area (Å²) in [6, 6.07) is 9.73. The third-order valence-electron chi connectivity index (χ3n) is 11.3. The third-order valence-corrected chi connectivity index (χ3v) is 11.3. The van der Waals surface area contributed by atoms with Crippen molar-refractivity contribution < 1.29 is 18.7 Å². The average molecular weight is 655 g/mol. The molecule has 4 aromatic rings. The lowest BCUT2D eigenvalue weighted by atomic mass is 9.97. The molecule has 0 unspecified atom stereocenters. The Morgan fingerprint density at radius 3 is 2.58 bits per heavy atom. The Morgan fingerprint density at radius 1 is 1.08 bits per heavy atom. The molecule has 7 heterocycles. The van der Waals surface area contributed by atoms with E-state index < -0.39 is 6.17 Å². The Balaban J connectivity index is 1.12. The highest BCUT2D eigenvalue weighted by atomic mass is 19.1. The predicted octanol–water partition coefficient (Wildman–Crippen LogP) is 5.17. The molecule has 5 atom stereocenters. The lowest BCUT2D eigenvalue weighted by molar-refractivity contribution is 0.0726. The van der Waals surface area contributed by atoms with Gasteiger partial charge in [0.1, 0.15) is 23.2 Å². The lowest BCUT2D eigenvalue weighted by Crippen LogP contribution is -2.40. The van der Waals surface area contributed by atoms with Gasteiger partial charge in [-0.1, -0.05) is 0 Å². The number of methoxy groups -OCH3 is 1. The SMILES string of the molecule is COc1cc(C(=O)N2[C@H]3CC[C@@H]2[C@H](N)C3)cc2nc(-c3cc4ccc([C@@H](C)NC(=O)N5CC[C@H](F)C5)nc4n3CC3CC3)c(C3CC3)n12. The number of urea groups is 1. The number of amides is 3. The first-order valence-corrected chi connectivity index (χ1v) is 17.7. The number of aromatic nitrogens is 4. The number of hydrogen-bond donors (Lipinski definition) is 2. The predicted molar refractivity (Wildman–Crippen MR) is 179 cm³/mol. The van der Waals surface area contributed by atoms with Crippen LogP contribution in [0.1, 0.15) is 92.0 Å². The second kappa shape index (κ2) is 11.2. The molecule has 0 aromatic carbocycles. The van der Waals surface area contributed by atoms with Crippen molar-refractivity contribution >= 4 is 28.6 Å². The van der Waals surface area contributed by atoms with Crippen LogP contribution in [0.3, 0.4) is 0 Å². The van der Waals surface area contributed by atoms with E-state index in [0.29, 0.717) is 41.9 Å². The molecule has 11 nitrogen and oxygen atoms in total. The Hall–Kier alpha value is -4.19. The van der Waals surface area contributed by atoms with Crippen LogP contribution in [0.2, 0.25) is 0 Å². The summed E-state index contributed by atoms with van der Waals surface area (Å²) in [5.74, 6) is 1.54. The first kappa shape index (κ1) is 29.9. The van der Waals surface area contributed by atoms with Gasteiger partial charge in [-0.15, -0.1) is 0 Å². The highest BCUT2D eigenvalue weighted by Gasteiger charge is 2.47. The summed E-state index contributed by atoms with van der Waals surface area (Å²) in [6.07, 6.45) is 6.75.